The number of hydrogen-bond donors (Lipinski definition) is 0. The number of esters is 1. The second-order valence-corrected chi connectivity index (χ2v) is 5.91. The van der Waals surface area contributed by atoms with Gasteiger partial charge in [-0.1, -0.05) is 0 Å². The van der Waals surface area contributed by atoms with E-state index < -0.39 is 0 Å². The fourth-order valence-corrected chi connectivity index (χ4v) is 3.06. The molecule has 102 valence electrons. The highest BCUT2D eigenvalue weighted by molar-refractivity contribution is 6.04. The van der Waals surface area contributed by atoms with Gasteiger partial charge in [-0.2, -0.15) is 0 Å². The van der Waals surface area contributed by atoms with Crippen molar-refractivity contribution in [2.45, 2.75) is 12.8 Å². The van der Waals surface area contributed by atoms with Crippen LogP contribution >= 0.6 is 0 Å². The van der Waals surface area contributed by atoms with E-state index in [9.17, 15) is 4.79 Å². The van der Waals surface area contributed by atoms with Crippen molar-refractivity contribution in [1.29, 1.82) is 0 Å². The van der Waals surface area contributed by atoms with Gasteiger partial charge in [-0.25, -0.2) is 4.79 Å². The van der Waals surface area contributed by atoms with Crippen molar-refractivity contribution in [3.8, 4) is 0 Å². The van der Waals surface area contributed by atoms with E-state index in [0.717, 1.165) is 24.0 Å². The van der Waals surface area contributed by atoms with E-state index in [1.54, 1.807) is 12.3 Å². The zero-order valence-electron chi connectivity index (χ0n) is 11.4. The van der Waals surface area contributed by atoms with Crippen LogP contribution in [0.25, 0.3) is 10.9 Å². The number of aromatic nitrogens is 1. The Kier molecular flexibility index (Phi) is 2.31. The molecule has 0 radical (unpaired) electrons. The lowest BCUT2D eigenvalue weighted by atomic mass is 9.95. The Bertz CT molecular complexity index is 699. The zero-order valence-corrected chi connectivity index (χ0v) is 11.4. The first kappa shape index (κ1) is 11.7. The number of methoxy groups -OCH3 is 1. The minimum Gasteiger partial charge on any atom is -0.465 e. The Labute approximate surface area is 117 Å². The zero-order chi connectivity index (χ0) is 13.7. The quantitative estimate of drug-likeness (QED) is 0.785. The van der Waals surface area contributed by atoms with Crippen LogP contribution in [-0.2, 0) is 4.74 Å². The highest BCUT2D eigenvalue weighted by Gasteiger charge is 2.52. The number of carbonyl (C=O) groups is 1. The maximum absolute atomic E-state index is 11.8. The molecule has 4 nitrogen and oxygen atoms in total. The van der Waals surface area contributed by atoms with E-state index in [1.165, 1.54) is 25.6 Å². The molecule has 1 saturated heterocycles. The van der Waals surface area contributed by atoms with Gasteiger partial charge in [0.2, 0.25) is 0 Å². The van der Waals surface area contributed by atoms with E-state index in [1.807, 2.05) is 6.07 Å². The monoisotopic (exact) mass is 268 g/mol. The number of benzene rings is 1. The SMILES string of the molecule is COC(=O)c1ccnc2ccc(N3CC4(CC4)C3)cc12. The number of ether oxygens (including phenoxy) is 1. The summed E-state index contributed by atoms with van der Waals surface area (Å²) in [5.74, 6) is -0.308. The first-order chi connectivity index (χ1) is 9.71. The first-order valence-corrected chi connectivity index (χ1v) is 6.93. The summed E-state index contributed by atoms with van der Waals surface area (Å²) in [5.41, 5.74) is 3.21. The Morgan fingerprint density at radius 3 is 2.80 bits per heavy atom. The molecule has 2 fully saturated rings. The van der Waals surface area contributed by atoms with Crippen molar-refractivity contribution < 1.29 is 9.53 Å². The molecular weight excluding hydrogens is 252 g/mol. The van der Waals surface area contributed by atoms with Crippen LogP contribution in [0.15, 0.2) is 30.5 Å². The minimum atomic E-state index is -0.308. The molecule has 0 amide bonds. The summed E-state index contributed by atoms with van der Waals surface area (Å²) in [5, 5.41) is 0.869. The summed E-state index contributed by atoms with van der Waals surface area (Å²) in [7, 11) is 1.41. The molecule has 1 saturated carbocycles. The molecule has 2 aliphatic rings. The summed E-state index contributed by atoms with van der Waals surface area (Å²) < 4.78 is 4.85. The van der Waals surface area contributed by atoms with E-state index in [2.05, 4.69) is 22.0 Å². The normalized spacial score (nSPS) is 18.9. The molecule has 1 aromatic carbocycles. The van der Waals surface area contributed by atoms with E-state index in [4.69, 9.17) is 4.74 Å². The molecule has 1 spiro atoms. The lowest BCUT2D eigenvalue weighted by Gasteiger charge is -2.42. The van der Waals surface area contributed by atoms with Crippen molar-refractivity contribution in [2.75, 3.05) is 25.1 Å². The highest BCUT2D eigenvalue weighted by Crippen LogP contribution is 2.54. The van der Waals surface area contributed by atoms with Crippen LogP contribution in [0.1, 0.15) is 23.2 Å². The summed E-state index contributed by atoms with van der Waals surface area (Å²) in [6.07, 6.45) is 4.38. The molecule has 1 aromatic heterocycles. The maximum atomic E-state index is 11.8. The third-order valence-corrected chi connectivity index (χ3v) is 4.51. The average Bonchev–Trinajstić information content (AvgIpc) is 3.24. The molecule has 0 N–H and O–H groups in total. The molecular formula is C16H16N2O2. The molecule has 20 heavy (non-hydrogen) atoms. The van der Waals surface area contributed by atoms with Crippen molar-refractivity contribution in [1.82, 2.24) is 4.98 Å². The summed E-state index contributed by atoms with van der Waals surface area (Å²) in [6, 6.07) is 7.85. The number of rotatable bonds is 2. The summed E-state index contributed by atoms with van der Waals surface area (Å²) >= 11 is 0. The highest BCUT2D eigenvalue weighted by atomic mass is 16.5. The van der Waals surface area contributed by atoms with Gasteiger partial charge >= 0.3 is 5.97 Å². The van der Waals surface area contributed by atoms with Crippen molar-refractivity contribution in [3.05, 3.63) is 36.0 Å². The predicted octanol–water partition coefficient (Wildman–Crippen LogP) is 2.62. The Morgan fingerprint density at radius 2 is 2.10 bits per heavy atom. The van der Waals surface area contributed by atoms with Crippen LogP contribution in [0.5, 0.6) is 0 Å². The predicted molar refractivity (Wildman–Crippen MR) is 77.0 cm³/mol. The molecule has 4 heteroatoms. The average molecular weight is 268 g/mol. The number of fused-ring (bicyclic) bond motifs is 1. The number of pyridine rings is 1. The van der Waals surface area contributed by atoms with Crippen LogP contribution in [0.2, 0.25) is 0 Å². The maximum Gasteiger partial charge on any atom is 0.338 e. The standard InChI is InChI=1S/C16H16N2O2/c1-20-15(19)12-4-7-17-14-3-2-11(8-13(12)14)18-9-16(10-18)5-6-16/h2-4,7-8H,5-6,9-10H2,1H3. The first-order valence-electron chi connectivity index (χ1n) is 6.93. The third-order valence-electron chi connectivity index (χ3n) is 4.51. The van der Waals surface area contributed by atoms with Gasteiger partial charge in [0.25, 0.3) is 0 Å². The van der Waals surface area contributed by atoms with Gasteiger partial charge in [0.05, 0.1) is 18.2 Å². The van der Waals surface area contributed by atoms with Gasteiger partial charge in [-0.05, 0) is 37.1 Å². The van der Waals surface area contributed by atoms with Crippen molar-refractivity contribution >= 4 is 22.6 Å². The number of anilines is 1. The number of nitrogens with zero attached hydrogens (tertiary/aromatic N) is 2. The largest absolute Gasteiger partial charge is 0.465 e. The van der Waals surface area contributed by atoms with Crippen LogP contribution in [0.3, 0.4) is 0 Å². The minimum absolute atomic E-state index is 0.308. The number of hydrogen-bond acceptors (Lipinski definition) is 4. The molecule has 0 bridgehead atoms. The Morgan fingerprint density at radius 1 is 1.30 bits per heavy atom. The Hall–Kier alpha value is -2.10. The van der Waals surface area contributed by atoms with Crippen molar-refractivity contribution in [2.24, 2.45) is 5.41 Å². The van der Waals surface area contributed by atoms with Crippen LogP contribution in [0.4, 0.5) is 5.69 Å². The second kappa shape index (κ2) is 3.95. The fraction of sp³-hybridized carbons (Fsp3) is 0.375. The molecule has 1 aliphatic heterocycles. The van der Waals surface area contributed by atoms with Gasteiger partial charge in [-0.3, -0.25) is 4.98 Å². The summed E-state index contributed by atoms with van der Waals surface area (Å²) in [6.45, 7) is 2.29. The van der Waals surface area contributed by atoms with E-state index in [0.29, 0.717) is 11.0 Å². The topological polar surface area (TPSA) is 42.4 Å². The van der Waals surface area contributed by atoms with Crippen LogP contribution in [0, 0.1) is 5.41 Å². The number of carbonyl (C=O) groups excluding carboxylic acids is 1. The van der Waals surface area contributed by atoms with Gasteiger partial charge < -0.3 is 9.64 Å². The molecule has 2 heterocycles. The third kappa shape index (κ3) is 1.68. The van der Waals surface area contributed by atoms with Gasteiger partial charge in [-0.15, -0.1) is 0 Å². The van der Waals surface area contributed by atoms with E-state index in [-0.39, 0.29) is 5.97 Å². The molecule has 1 aliphatic carbocycles. The summed E-state index contributed by atoms with van der Waals surface area (Å²) in [4.78, 5) is 18.5. The molecule has 4 rings (SSSR count). The van der Waals surface area contributed by atoms with E-state index >= 15 is 0 Å². The lowest BCUT2D eigenvalue weighted by Crippen LogP contribution is -2.48. The van der Waals surface area contributed by atoms with Gasteiger partial charge in [0.1, 0.15) is 0 Å². The second-order valence-electron chi connectivity index (χ2n) is 5.91. The Balaban J connectivity index is 1.75. The molecule has 0 unspecified atom stereocenters. The molecule has 0 atom stereocenters. The van der Waals surface area contributed by atoms with Crippen molar-refractivity contribution in [3.63, 3.8) is 0 Å². The van der Waals surface area contributed by atoms with Gasteiger partial charge in [0.15, 0.2) is 0 Å². The fourth-order valence-electron chi connectivity index (χ4n) is 3.06. The van der Waals surface area contributed by atoms with Crippen LogP contribution in [-0.4, -0.2) is 31.2 Å². The lowest BCUT2D eigenvalue weighted by molar-refractivity contribution is 0.0603. The van der Waals surface area contributed by atoms with Gasteiger partial charge in [0, 0.05) is 35.8 Å². The molecule has 2 aromatic rings. The van der Waals surface area contributed by atoms with Crippen LogP contribution < -0.4 is 4.90 Å². The smallest absolute Gasteiger partial charge is 0.338 e.